The first-order chi connectivity index (χ1) is 11.3. The zero-order valence-electron chi connectivity index (χ0n) is 14.0. The molecule has 0 aliphatic carbocycles. The van der Waals surface area contributed by atoms with Crippen LogP contribution in [-0.2, 0) is 4.79 Å². The number of likely N-dealkylation sites (tertiary alicyclic amines) is 1. The Bertz CT molecular complexity index is 526. The monoisotopic (exact) mass is 343 g/mol. The molecule has 1 atom stereocenters. The van der Waals surface area contributed by atoms with Crippen molar-refractivity contribution < 1.29 is 18.0 Å². The van der Waals surface area contributed by atoms with Gasteiger partial charge in [-0.1, -0.05) is 6.07 Å². The summed E-state index contributed by atoms with van der Waals surface area (Å²) >= 11 is 0. The SMILES string of the molecule is CC(C)N1CCC(CC(=O)NC(c2ccccn2)C(F)(F)F)CC1. The van der Waals surface area contributed by atoms with E-state index < -0.39 is 18.1 Å². The average molecular weight is 343 g/mol. The third-order valence-corrected chi connectivity index (χ3v) is 4.47. The number of rotatable bonds is 5. The third-order valence-electron chi connectivity index (χ3n) is 4.47. The summed E-state index contributed by atoms with van der Waals surface area (Å²) in [6, 6.07) is 2.70. The van der Waals surface area contributed by atoms with E-state index in [1.165, 1.54) is 18.3 Å². The Balaban J connectivity index is 1.92. The molecule has 4 nitrogen and oxygen atoms in total. The molecule has 0 bridgehead atoms. The highest BCUT2D eigenvalue weighted by molar-refractivity contribution is 5.76. The molecule has 0 saturated carbocycles. The zero-order valence-corrected chi connectivity index (χ0v) is 14.0. The van der Waals surface area contributed by atoms with Crippen molar-refractivity contribution in [3.63, 3.8) is 0 Å². The lowest BCUT2D eigenvalue weighted by molar-refractivity contribution is -0.164. The molecule has 2 rings (SSSR count). The molecule has 134 valence electrons. The number of amides is 1. The van der Waals surface area contributed by atoms with Crippen molar-refractivity contribution in [1.82, 2.24) is 15.2 Å². The summed E-state index contributed by atoms with van der Waals surface area (Å²) in [6.07, 6.45) is -1.46. The van der Waals surface area contributed by atoms with Crippen molar-refractivity contribution in [3.05, 3.63) is 30.1 Å². The molecule has 1 aromatic heterocycles. The van der Waals surface area contributed by atoms with Gasteiger partial charge in [0, 0.05) is 18.7 Å². The summed E-state index contributed by atoms with van der Waals surface area (Å²) in [7, 11) is 0. The lowest BCUT2D eigenvalue weighted by Crippen LogP contribution is -2.42. The van der Waals surface area contributed by atoms with Crippen LogP contribution in [0, 0.1) is 5.92 Å². The van der Waals surface area contributed by atoms with Crippen LogP contribution in [0.15, 0.2) is 24.4 Å². The van der Waals surface area contributed by atoms with E-state index in [2.05, 4.69) is 29.0 Å². The van der Waals surface area contributed by atoms with Crippen molar-refractivity contribution in [1.29, 1.82) is 0 Å². The minimum Gasteiger partial charge on any atom is -0.340 e. The van der Waals surface area contributed by atoms with Gasteiger partial charge in [-0.15, -0.1) is 0 Å². The number of nitrogens with zero attached hydrogens (tertiary/aromatic N) is 2. The first-order valence-electron chi connectivity index (χ1n) is 8.28. The number of piperidine rings is 1. The van der Waals surface area contributed by atoms with Gasteiger partial charge in [0.15, 0.2) is 6.04 Å². The van der Waals surface area contributed by atoms with Crippen LogP contribution in [0.5, 0.6) is 0 Å². The van der Waals surface area contributed by atoms with E-state index in [-0.39, 0.29) is 18.0 Å². The highest BCUT2D eigenvalue weighted by atomic mass is 19.4. The highest BCUT2D eigenvalue weighted by Gasteiger charge is 2.43. The van der Waals surface area contributed by atoms with Crippen molar-refractivity contribution in [2.75, 3.05) is 13.1 Å². The van der Waals surface area contributed by atoms with Crippen molar-refractivity contribution in [2.45, 2.75) is 51.4 Å². The summed E-state index contributed by atoms with van der Waals surface area (Å²) in [5.74, 6) is -0.427. The third kappa shape index (κ3) is 5.19. The first-order valence-corrected chi connectivity index (χ1v) is 8.28. The Morgan fingerprint density at radius 3 is 2.50 bits per heavy atom. The van der Waals surface area contributed by atoms with E-state index in [4.69, 9.17) is 0 Å². The van der Waals surface area contributed by atoms with E-state index >= 15 is 0 Å². The van der Waals surface area contributed by atoms with E-state index in [0.717, 1.165) is 25.9 Å². The number of hydrogen-bond donors (Lipinski definition) is 1. The minimum absolute atomic E-state index is 0.130. The maximum absolute atomic E-state index is 13.2. The molecule has 1 aliphatic rings. The molecular weight excluding hydrogens is 319 g/mol. The number of hydrogen-bond acceptors (Lipinski definition) is 3. The molecule has 1 fully saturated rings. The zero-order chi connectivity index (χ0) is 17.7. The highest BCUT2D eigenvalue weighted by Crippen LogP contribution is 2.32. The molecule has 2 heterocycles. The normalized spacial score (nSPS) is 18.6. The first kappa shape index (κ1) is 18.7. The number of halogens is 3. The van der Waals surface area contributed by atoms with Gasteiger partial charge in [0.2, 0.25) is 5.91 Å². The Kier molecular flexibility index (Phi) is 6.21. The lowest BCUT2D eigenvalue weighted by atomic mass is 9.92. The van der Waals surface area contributed by atoms with E-state index in [1.54, 1.807) is 6.07 Å². The largest absolute Gasteiger partial charge is 0.414 e. The van der Waals surface area contributed by atoms with Crippen LogP contribution in [0.1, 0.15) is 44.8 Å². The predicted octanol–water partition coefficient (Wildman–Crippen LogP) is 3.31. The second-order valence-corrected chi connectivity index (χ2v) is 6.57. The quantitative estimate of drug-likeness (QED) is 0.892. The van der Waals surface area contributed by atoms with Gasteiger partial charge in [-0.3, -0.25) is 9.78 Å². The van der Waals surface area contributed by atoms with Gasteiger partial charge in [0.25, 0.3) is 0 Å². The summed E-state index contributed by atoms with van der Waals surface area (Å²) in [6.45, 7) is 6.01. The topological polar surface area (TPSA) is 45.2 Å². The summed E-state index contributed by atoms with van der Waals surface area (Å²) in [5, 5.41) is 2.11. The minimum atomic E-state index is -4.56. The summed E-state index contributed by atoms with van der Waals surface area (Å²) < 4.78 is 39.7. The number of alkyl halides is 3. The fraction of sp³-hybridized carbons (Fsp3) is 0.647. The maximum Gasteiger partial charge on any atom is 0.414 e. The number of nitrogens with one attached hydrogen (secondary N) is 1. The Morgan fingerprint density at radius 1 is 1.33 bits per heavy atom. The fourth-order valence-corrected chi connectivity index (χ4v) is 3.03. The van der Waals surface area contributed by atoms with Crippen molar-refractivity contribution in [3.8, 4) is 0 Å². The molecule has 1 N–H and O–H groups in total. The van der Waals surface area contributed by atoms with Crippen LogP contribution in [0.25, 0.3) is 0 Å². The Morgan fingerprint density at radius 2 is 2.00 bits per heavy atom. The van der Waals surface area contributed by atoms with Crippen LogP contribution >= 0.6 is 0 Å². The standard InChI is InChI=1S/C17H24F3N3O/c1-12(2)23-9-6-13(7-10-23)11-15(24)22-16(17(18,19)20)14-5-3-4-8-21-14/h3-5,8,12-13,16H,6-7,9-11H2,1-2H3,(H,22,24). The molecule has 0 spiro atoms. The molecule has 0 aromatic carbocycles. The van der Waals surface area contributed by atoms with E-state index in [1.807, 2.05) is 0 Å². The van der Waals surface area contributed by atoms with Gasteiger partial charge in [0.05, 0.1) is 5.69 Å². The van der Waals surface area contributed by atoms with Gasteiger partial charge in [-0.25, -0.2) is 0 Å². The summed E-state index contributed by atoms with van der Waals surface area (Å²) in [5.41, 5.74) is -0.187. The smallest absolute Gasteiger partial charge is 0.340 e. The Hall–Kier alpha value is -1.63. The van der Waals surface area contributed by atoms with Crippen LogP contribution in [-0.4, -0.2) is 41.1 Å². The second kappa shape index (κ2) is 7.96. The second-order valence-electron chi connectivity index (χ2n) is 6.57. The summed E-state index contributed by atoms with van der Waals surface area (Å²) in [4.78, 5) is 18.2. The van der Waals surface area contributed by atoms with Crippen molar-refractivity contribution >= 4 is 5.91 Å². The van der Waals surface area contributed by atoms with Crippen LogP contribution in [0.4, 0.5) is 13.2 Å². The average Bonchev–Trinajstić information content (AvgIpc) is 2.53. The molecule has 1 saturated heterocycles. The molecule has 7 heteroatoms. The van der Waals surface area contributed by atoms with E-state index in [0.29, 0.717) is 6.04 Å². The lowest BCUT2D eigenvalue weighted by Gasteiger charge is -2.34. The van der Waals surface area contributed by atoms with Crippen LogP contribution in [0.2, 0.25) is 0 Å². The number of pyridine rings is 1. The molecule has 0 radical (unpaired) electrons. The number of carbonyl (C=O) groups is 1. The van der Waals surface area contributed by atoms with Crippen molar-refractivity contribution in [2.24, 2.45) is 5.92 Å². The number of aromatic nitrogens is 1. The maximum atomic E-state index is 13.2. The molecular formula is C17H24F3N3O. The van der Waals surface area contributed by atoms with Gasteiger partial charge >= 0.3 is 6.18 Å². The Labute approximate surface area is 140 Å². The predicted molar refractivity (Wildman–Crippen MR) is 85.2 cm³/mol. The van der Waals surface area contributed by atoms with Gasteiger partial charge in [-0.2, -0.15) is 13.2 Å². The molecule has 1 aromatic rings. The van der Waals surface area contributed by atoms with Gasteiger partial charge in [0.1, 0.15) is 0 Å². The van der Waals surface area contributed by atoms with Crippen LogP contribution in [0.3, 0.4) is 0 Å². The fourth-order valence-electron chi connectivity index (χ4n) is 3.03. The van der Waals surface area contributed by atoms with Gasteiger partial charge in [-0.05, 0) is 57.8 Å². The van der Waals surface area contributed by atoms with Crippen LogP contribution < -0.4 is 5.32 Å². The molecule has 24 heavy (non-hydrogen) atoms. The van der Waals surface area contributed by atoms with E-state index in [9.17, 15) is 18.0 Å². The van der Waals surface area contributed by atoms with Gasteiger partial charge < -0.3 is 10.2 Å². The molecule has 1 aliphatic heterocycles. The molecule has 1 amide bonds. The molecule has 1 unspecified atom stereocenters. The number of carbonyl (C=O) groups excluding carboxylic acids is 1.